The number of aryl methyl sites for hydroxylation is 3. The van der Waals surface area contributed by atoms with E-state index < -0.39 is 5.60 Å². The molecule has 4 heterocycles. The fraction of sp³-hybridized carbons (Fsp3) is 0.167. The molecule has 5 rings (SSSR count). The minimum atomic E-state index is -1.72. The molecule has 0 aliphatic carbocycles. The lowest BCUT2D eigenvalue weighted by molar-refractivity contribution is 0.117. The summed E-state index contributed by atoms with van der Waals surface area (Å²) in [5.74, 6) is 0.644. The van der Waals surface area contributed by atoms with Gasteiger partial charge in [-0.15, -0.1) is 0 Å². The summed E-state index contributed by atoms with van der Waals surface area (Å²) in [6.45, 7) is 3.68. The molecule has 0 spiro atoms. The molecule has 160 valence electrons. The predicted molar refractivity (Wildman–Crippen MR) is 119 cm³/mol. The Morgan fingerprint density at radius 1 is 1.03 bits per heavy atom. The van der Waals surface area contributed by atoms with Crippen LogP contribution in [0.15, 0.2) is 70.2 Å². The first kappa shape index (κ1) is 19.9. The van der Waals surface area contributed by atoms with Crippen LogP contribution < -0.4 is 5.69 Å². The molecule has 8 heteroatoms. The third kappa shape index (κ3) is 2.88. The molecule has 0 amide bonds. The zero-order valence-electron chi connectivity index (χ0n) is 17.8. The summed E-state index contributed by atoms with van der Waals surface area (Å²) in [4.78, 5) is 24.4. The fourth-order valence-electron chi connectivity index (χ4n) is 4.27. The largest absolute Gasteiger partial charge is 0.373 e. The van der Waals surface area contributed by atoms with Crippen LogP contribution in [0.25, 0.3) is 22.2 Å². The highest BCUT2D eigenvalue weighted by Gasteiger charge is 2.39. The fourth-order valence-corrected chi connectivity index (χ4v) is 4.27. The molecule has 0 saturated carbocycles. The standard InChI is InChI=1S/C24H21N5O3/c1-14-21(15(2)32-28-14)16-12-17(22-18(13-16)27-23(30)29(22)3)24(31,19-8-4-6-10-25-19)20-9-5-7-11-26-20/h4-13,31H,1-3H3,(H,27,30). The molecule has 5 aromatic rings. The molecule has 1 aromatic carbocycles. The Labute approximate surface area is 183 Å². The van der Waals surface area contributed by atoms with E-state index in [0.29, 0.717) is 39.4 Å². The summed E-state index contributed by atoms with van der Waals surface area (Å²) >= 11 is 0. The first-order valence-corrected chi connectivity index (χ1v) is 10.1. The van der Waals surface area contributed by atoms with Gasteiger partial charge in [0, 0.05) is 30.6 Å². The molecule has 0 radical (unpaired) electrons. The second kappa shape index (κ2) is 7.28. The minimum Gasteiger partial charge on any atom is -0.373 e. The van der Waals surface area contributed by atoms with Gasteiger partial charge in [-0.05, 0) is 55.8 Å². The number of rotatable bonds is 4. The van der Waals surface area contributed by atoms with E-state index in [9.17, 15) is 9.90 Å². The van der Waals surface area contributed by atoms with Gasteiger partial charge in [-0.3, -0.25) is 14.5 Å². The quantitative estimate of drug-likeness (QED) is 0.456. The lowest BCUT2D eigenvalue weighted by atomic mass is 9.83. The van der Waals surface area contributed by atoms with Crippen molar-refractivity contribution < 1.29 is 9.63 Å². The van der Waals surface area contributed by atoms with Gasteiger partial charge in [0.15, 0.2) is 5.60 Å². The van der Waals surface area contributed by atoms with Gasteiger partial charge in [0.05, 0.1) is 28.1 Å². The summed E-state index contributed by atoms with van der Waals surface area (Å²) in [6.07, 6.45) is 3.24. The maximum Gasteiger partial charge on any atom is 0.326 e. The van der Waals surface area contributed by atoms with Gasteiger partial charge in [-0.2, -0.15) is 0 Å². The van der Waals surface area contributed by atoms with E-state index in [0.717, 1.165) is 11.1 Å². The van der Waals surface area contributed by atoms with Crippen LogP contribution in [0.2, 0.25) is 0 Å². The van der Waals surface area contributed by atoms with Crippen LogP contribution in [-0.4, -0.2) is 29.8 Å². The molecule has 4 aromatic heterocycles. The minimum absolute atomic E-state index is 0.290. The van der Waals surface area contributed by atoms with Crippen molar-refractivity contribution in [2.45, 2.75) is 19.4 Å². The van der Waals surface area contributed by atoms with Crippen molar-refractivity contribution >= 4 is 11.0 Å². The van der Waals surface area contributed by atoms with Crippen LogP contribution in [0, 0.1) is 13.8 Å². The molecule has 8 nitrogen and oxygen atoms in total. The topological polar surface area (TPSA) is 110 Å². The summed E-state index contributed by atoms with van der Waals surface area (Å²) in [5, 5.41) is 16.4. The second-order valence-electron chi connectivity index (χ2n) is 7.75. The Bertz CT molecular complexity index is 1420. The SMILES string of the molecule is Cc1noc(C)c1-c1cc(C(O)(c2ccccn2)c2ccccn2)c2c(c1)[nH]c(=O)n2C. The maximum absolute atomic E-state index is 12.6. The van der Waals surface area contributed by atoms with Crippen molar-refractivity contribution in [2.24, 2.45) is 7.05 Å². The number of imidazole rings is 1. The van der Waals surface area contributed by atoms with Gasteiger partial charge in [0.1, 0.15) is 5.76 Å². The summed E-state index contributed by atoms with van der Waals surface area (Å²) < 4.78 is 6.86. The number of aromatic amines is 1. The van der Waals surface area contributed by atoms with E-state index in [1.54, 1.807) is 43.7 Å². The predicted octanol–water partition coefficient (Wildman–Crippen LogP) is 3.21. The molecule has 0 fully saturated rings. The molecule has 0 saturated heterocycles. The number of fused-ring (bicyclic) bond motifs is 1. The number of pyridine rings is 2. The van der Waals surface area contributed by atoms with Crippen molar-refractivity contribution in [3.8, 4) is 11.1 Å². The number of hydrogen-bond acceptors (Lipinski definition) is 6. The number of hydrogen-bond donors (Lipinski definition) is 2. The highest BCUT2D eigenvalue weighted by Crippen LogP contribution is 2.41. The molecule has 0 aliphatic rings. The van der Waals surface area contributed by atoms with Crippen molar-refractivity contribution in [3.05, 3.63) is 99.8 Å². The van der Waals surface area contributed by atoms with Crippen molar-refractivity contribution in [1.29, 1.82) is 0 Å². The third-order valence-electron chi connectivity index (χ3n) is 5.77. The Kier molecular flexibility index (Phi) is 4.53. The average molecular weight is 427 g/mol. The Balaban J connectivity index is 1.94. The van der Waals surface area contributed by atoms with E-state index >= 15 is 0 Å². The van der Waals surface area contributed by atoms with Gasteiger partial charge < -0.3 is 14.6 Å². The van der Waals surface area contributed by atoms with Gasteiger partial charge in [-0.25, -0.2) is 4.79 Å². The molecular weight excluding hydrogens is 406 g/mol. The zero-order chi connectivity index (χ0) is 22.5. The number of nitrogens with zero attached hydrogens (tertiary/aromatic N) is 4. The van der Waals surface area contributed by atoms with E-state index in [4.69, 9.17) is 4.52 Å². The first-order chi connectivity index (χ1) is 15.4. The van der Waals surface area contributed by atoms with Gasteiger partial charge >= 0.3 is 5.69 Å². The third-order valence-corrected chi connectivity index (χ3v) is 5.77. The number of benzene rings is 1. The van der Waals surface area contributed by atoms with Crippen LogP contribution in [0.5, 0.6) is 0 Å². The normalized spacial score (nSPS) is 11.9. The lowest BCUT2D eigenvalue weighted by Gasteiger charge is -2.29. The van der Waals surface area contributed by atoms with Crippen LogP contribution in [0.3, 0.4) is 0 Å². The molecule has 0 bridgehead atoms. The van der Waals surface area contributed by atoms with E-state index in [1.807, 2.05) is 38.1 Å². The van der Waals surface area contributed by atoms with Crippen LogP contribution in [0.1, 0.15) is 28.4 Å². The Morgan fingerprint density at radius 3 is 2.22 bits per heavy atom. The number of nitrogens with one attached hydrogen (secondary N) is 1. The Hall–Kier alpha value is -4.04. The average Bonchev–Trinajstić information content (AvgIpc) is 3.30. The second-order valence-corrected chi connectivity index (χ2v) is 7.75. The summed E-state index contributed by atoms with van der Waals surface area (Å²) in [5.41, 5.74) is 2.67. The first-order valence-electron chi connectivity index (χ1n) is 10.1. The van der Waals surface area contributed by atoms with Crippen LogP contribution in [-0.2, 0) is 12.6 Å². The smallest absolute Gasteiger partial charge is 0.326 e. The Morgan fingerprint density at radius 2 is 1.69 bits per heavy atom. The van der Waals surface area contributed by atoms with E-state index in [2.05, 4.69) is 20.1 Å². The van der Waals surface area contributed by atoms with Gasteiger partial charge in [0.25, 0.3) is 0 Å². The van der Waals surface area contributed by atoms with Crippen LogP contribution in [0.4, 0.5) is 0 Å². The van der Waals surface area contributed by atoms with Crippen molar-refractivity contribution in [3.63, 3.8) is 0 Å². The molecule has 2 N–H and O–H groups in total. The number of aliphatic hydroxyl groups is 1. The van der Waals surface area contributed by atoms with Gasteiger partial charge in [-0.1, -0.05) is 17.3 Å². The van der Waals surface area contributed by atoms with Gasteiger partial charge in [0.2, 0.25) is 0 Å². The highest BCUT2D eigenvalue weighted by atomic mass is 16.5. The highest BCUT2D eigenvalue weighted by molar-refractivity contribution is 5.88. The molecule has 0 unspecified atom stereocenters. The van der Waals surface area contributed by atoms with E-state index in [1.165, 1.54) is 4.57 Å². The summed E-state index contributed by atoms with van der Waals surface area (Å²) in [7, 11) is 1.66. The van der Waals surface area contributed by atoms with E-state index in [-0.39, 0.29) is 5.69 Å². The maximum atomic E-state index is 12.6. The number of H-pyrrole nitrogens is 1. The van der Waals surface area contributed by atoms with Crippen molar-refractivity contribution in [1.82, 2.24) is 24.7 Å². The zero-order valence-corrected chi connectivity index (χ0v) is 17.8. The number of aromatic nitrogens is 5. The molecule has 0 atom stereocenters. The van der Waals surface area contributed by atoms with Crippen molar-refractivity contribution in [2.75, 3.05) is 0 Å². The summed E-state index contributed by atoms with van der Waals surface area (Å²) in [6, 6.07) is 14.4. The lowest BCUT2D eigenvalue weighted by Crippen LogP contribution is -2.32. The molecular formula is C24H21N5O3. The monoisotopic (exact) mass is 427 g/mol. The molecule has 0 aliphatic heterocycles. The van der Waals surface area contributed by atoms with Crippen LogP contribution >= 0.6 is 0 Å². The molecule has 32 heavy (non-hydrogen) atoms.